The molecule has 2 aromatic carbocycles. The number of rotatable bonds is 4. The quantitative estimate of drug-likeness (QED) is 0.809. The molecule has 2 fully saturated rings. The molecule has 0 radical (unpaired) electrons. The van der Waals surface area contributed by atoms with Gasteiger partial charge >= 0.3 is 6.09 Å². The summed E-state index contributed by atoms with van der Waals surface area (Å²) in [6.07, 6.45) is 3.60. The van der Waals surface area contributed by atoms with Gasteiger partial charge in [0.2, 0.25) is 0 Å². The molecule has 29 heavy (non-hydrogen) atoms. The van der Waals surface area contributed by atoms with Crippen LogP contribution in [-0.2, 0) is 17.8 Å². The fourth-order valence-corrected chi connectivity index (χ4v) is 4.96. The maximum absolute atomic E-state index is 14.5. The van der Waals surface area contributed by atoms with E-state index in [2.05, 4.69) is 0 Å². The molecule has 2 unspecified atom stereocenters. The van der Waals surface area contributed by atoms with E-state index in [1.807, 2.05) is 41.3 Å². The summed E-state index contributed by atoms with van der Waals surface area (Å²) in [7, 11) is 0. The molecule has 0 aromatic heterocycles. The summed E-state index contributed by atoms with van der Waals surface area (Å²) in [4.78, 5) is 14.6. The first-order valence-corrected chi connectivity index (χ1v) is 10.4. The lowest BCUT2D eigenvalue weighted by molar-refractivity contribution is -0.0849. The van der Waals surface area contributed by atoms with Gasteiger partial charge in [0, 0.05) is 18.5 Å². The predicted molar refractivity (Wildman–Crippen MR) is 109 cm³/mol. The highest BCUT2D eigenvalue weighted by molar-refractivity contribution is 5.69. The third kappa shape index (κ3) is 4.30. The molecule has 0 spiro atoms. The highest BCUT2D eigenvalue weighted by Crippen LogP contribution is 2.41. The molecule has 0 aliphatic carbocycles. The van der Waals surface area contributed by atoms with E-state index in [1.165, 1.54) is 0 Å². The number of fused-ring (bicyclic) bond motifs is 2. The number of aryl methyl sites for hydroxylation is 1. The molecule has 2 aliphatic rings. The molecular weight excluding hydrogens is 369 g/mol. The van der Waals surface area contributed by atoms with Gasteiger partial charge in [-0.1, -0.05) is 48.5 Å². The Labute approximate surface area is 171 Å². The number of aliphatic hydroxyl groups is 1. The highest BCUT2D eigenvalue weighted by Gasteiger charge is 2.48. The van der Waals surface area contributed by atoms with Gasteiger partial charge in [0.05, 0.1) is 5.60 Å². The van der Waals surface area contributed by atoms with Crippen molar-refractivity contribution in [2.75, 3.05) is 0 Å². The number of hydrogen-bond acceptors (Lipinski definition) is 3. The number of nitrogens with zero attached hydrogens (tertiary/aromatic N) is 1. The maximum atomic E-state index is 14.5. The minimum absolute atomic E-state index is 0.0661. The van der Waals surface area contributed by atoms with Crippen LogP contribution in [0, 0.1) is 12.7 Å². The van der Waals surface area contributed by atoms with Crippen molar-refractivity contribution in [1.29, 1.82) is 0 Å². The fraction of sp³-hybridized carbons (Fsp3) is 0.458. The molecule has 5 heteroatoms. The van der Waals surface area contributed by atoms with Crippen LogP contribution in [0.1, 0.15) is 48.8 Å². The Hall–Kier alpha value is -2.40. The number of carbonyl (C=O) groups is 1. The molecule has 4 rings (SSSR count). The smallest absolute Gasteiger partial charge is 0.410 e. The largest absolute Gasteiger partial charge is 0.445 e. The average Bonchev–Trinajstić information content (AvgIpc) is 2.70. The second-order valence-corrected chi connectivity index (χ2v) is 8.54. The predicted octanol–water partition coefficient (Wildman–Crippen LogP) is 4.76. The molecule has 2 atom stereocenters. The fourth-order valence-electron chi connectivity index (χ4n) is 4.96. The number of carbonyl (C=O) groups excluding carboxylic acids is 1. The van der Waals surface area contributed by atoms with Crippen LogP contribution >= 0.6 is 0 Å². The highest BCUT2D eigenvalue weighted by atomic mass is 19.1. The number of ether oxygens (including phenoxy) is 1. The first-order valence-electron chi connectivity index (χ1n) is 10.4. The Morgan fingerprint density at radius 1 is 1.14 bits per heavy atom. The van der Waals surface area contributed by atoms with Crippen LogP contribution < -0.4 is 0 Å². The zero-order valence-electron chi connectivity index (χ0n) is 16.8. The van der Waals surface area contributed by atoms with Gasteiger partial charge in [0.25, 0.3) is 0 Å². The number of amides is 1. The van der Waals surface area contributed by atoms with Crippen molar-refractivity contribution >= 4 is 6.09 Å². The van der Waals surface area contributed by atoms with Crippen molar-refractivity contribution in [2.24, 2.45) is 0 Å². The van der Waals surface area contributed by atoms with E-state index in [0.29, 0.717) is 24.0 Å². The Balaban J connectivity index is 1.45. The van der Waals surface area contributed by atoms with Crippen molar-refractivity contribution in [3.63, 3.8) is 0 Å². The van der Waals surface area contributed by atoms with Crippen molar-refractivity contribution in [3.05, 3.63) is 71.0 Å². The molecule has 4 nitrogen and oxygen atoms in total. The van der Waals surface area contributed by atoms with E-state index >= 15 is 0 Å². The summed E-state index contributed by atoms with van der Waals surface area (Å²) in [5, 5.41) is 11.3. The van der Waals surface area contributed by atoms with Crippen LogP contribution in [0.4, 0.5) is 9.18 Å². The summed E-state index contributed by atoms with van der Waals surface area (Å²) < 4.78 is 20.1. The Bertz CT molecular complexity index is 856. The second-order valence-electron chi connectivity index (χ2n) is 8.54. The van der Waals surface area contributed by atoms with Gasteiger partial charge in [-0.05, 0) is 55.7 Å². The van der Waals surface area contributed by atoms with Gasteiger partial charge in [-0.25, -0.2) is 9.18 Å². The number of benzene rings is 2. The zero-order valence-corrected chi connectivity index (χ0v) is 16.8. The molecule has 2 aromatic rings. The van der Waals surface area contributed by atoms with E-state index < -0.39 is 5.60 Å². The third-order valence-corrected chi connectivity index (χ3v) is 6.30. The van der Waals surface area contributed by atoms with E-state index in [1.54, 1.807) is 19.1 Å². The molecule has 2 aliphatic heterocycles. The van der Waals surface area contributed by atoms with Crippen molar-refractivity contribution in [1.82, 2.24) is 4.90 Å². The third-order valence-electron chi connectivity index (χ3n) is 6.30. The molecule has 2 bridgehead atoms. The van der Waals surface area contributed by atoms with Crippen LogP contribution in [-0.4, -0.2) is 33.8 Å². The normalized spacial score (nSPS) is 26.2. The lowest BCUT2D eigenvalue weighted by atomic mass is 9.73. The van der Waals surface area contributed by atoms with E-state index in [4.69, 9.17) is 4.74 Å². The maximum Gasteiger partial charge on any atom is 0.410 e. The summed E-state index contributed by atoms with van der Waals surface area (Å²) in [6.45, 7) is 1.98. The summed E-state index contributed by atoms with van der Waals surface area (Å²) in [6, 6.07) is 14.8. The van der Waals surface area contributed by atoms with Crippen molar-refractivity contribution in [3.8, 4) is 0 Å². The van der Waals surface area contributed by atoms with Crippen LogP contribution in [0.5, 0.6) is 0 Å². The topological polar surface area (TPSA) is 49.8 Å². The number of piperidine rings is 2. The minimum atomic E-state index is -0.999. The van der Waals surface area contributed by atoms with Crippen molar-refractivity contribution < 1.29 is 19.0 Å². The van der Waals surface area contributed by atoms with Crippen LogP contribution in [0.3, 0.4) is 0 Å². The lowest BCUT2D eigenvalue weighted by Crippen LogP contribution is -2.60. The van der Waals surface area contributed by atoms with Gasteiger partial charge in [0.1, 0.15) is 12.4 Å². The first-order chi connectivity index (χ1) is 14.0. The van der Waals surface area contributed by atoms with E-state index in [9.17, 15) is 14.3 Å². The van der Waals surface area contributed by atoms with Gasteiger partial charge in [-0.2, -0.15) is 0 Å². The minimum Gasteiger partial charge on any atom is -0.445 e. The Kier molecular flexibility index (Phi) is 5.59. The number of hydrogen-bond donors (Lipinski definition) is 1. The monoisotopic (exact) mass is 397 g/mol. The van der Waals surface area contributed by atoms with Crippen LogP contribution in [0.15, 0.2) is 48.5 Å². The van der Waals surface area contributed by atoms with Gasteiger partial charge in [-0.3, -0.25) is 0 Å². The molecule has 1 N–H and O–H groups in total. The van der Waals surface area contributed by atoms with Crippen LogP contribution in [0.2, 0.25) is 0 Å². The molecule has 2 heterocycles. The van der Waals surface area contributed by atoms with Crippen LogP contribution in [0.25, 0.3) is 0 Å². The second kappa shape index (κ2) is 8.15. The SMILES string of the molecule is Cc1cccc(CC2(O)CC3CCCC(C2)N3C(=O)OCc2ccccc2)c1F. The standard InChI is InChI=1S/C24H28FNO3/c1-17-7-5-10-19(22(17)25)13-24(28)14-20-11-6-12-21(15-24)26(20)23(27)29-16-18-8-3-2-4-9-18/h2-5,7-10,20-21,28H,6,11-16H2,1H3. The molecule has 0 saturated carbocycles. The Morgan fingerprint density at radius 2 is 1.83 bits per heavy atom. The molecule has 154 valence electrons. The zero-order chi connectivity index (χ0) is 20.4. The first kappa shape index (κ1) is 19.9. The average molecular weight is 397 g/mol. The summed E-state index contributed by atoms with van der Waals surface area (Å²) >= 11 is 0. The molecule has 2 saturated heterocycles. The van der Waals surface area contributed by atoms with Gasteiger partial charge < -0.3 is 14.7 Å². The number of halogens is 1. The molecular formula is C24H28FNO3. The van der Waals surface area contributed by atoms with E-state index in [0.717, 1.165) is 24.8 Å². The van der Waals surface area contributed by atoms with Crippen molar-refractivity contribution in [2.45, 2.75) is 69.7 Å². The summed E-state index contributed by atoms with van der Waals surface area (Å²) in [5.41, 5.74) is 1.09. The lowest BCUT2D eigenvalue weighted by Gasteiger charge is -2.51. The van der Waals surface area contributed by atoms with Gasteiger partial charge in [0.15, 0.2) is 0 Å². The van der Waals surface area contributed by atoms with Gasteiger partial charge in [-0.15, -0.1) is 0 Å². The summed E-state index contributed by atoms with van der Waals surface area (Å²) in [5.74, 6) is -0.240. The molecule has 1 amide bonds. The Morgan fingerprint density at radius 3 is 2.52 bits per heavy atom. The van der Waals surface area contributed by atoms with E-state index in [-0.39, 0.29) is 37.0 Å².